The molecule has 2 aromatic rings. The van der Waals surface area contributed by atoms with Crippen LogP contribution in [0.4, 0.5) is 0 Å². The third kappa shape index (κ3) is 3.19. The highest BCUT2D eigenvalue weighted by Gasteiger charge is 2.40. The Morgan fingerprint density at radius 3 is 2.43 bits per heavy atom. The Balaban J connectivity index is 2.00. The molecule has 0 unspecified atom stereocenters. The molecule has 0 spiro atoms. The quantitative estimate of drug-likeness (QED) is 0.813. The Morgan fingerprint density at radius 1 is 1.26 bits per heavy atom. The van der Waals surface area contributed by atoms with Crippen LogP contribution < -0.4 is 0 Å². The number of hydrogen-bond donors (Lipinski definition) is 0. The zero-order valence-corrected chi connectivity index (χ0v) is 14.5. The average Bonchev–Trinajstić information content (AvgIpc) is 3.30. The van der Waals surface area contributed by atoms with Crippen LogP contribution >= 0.6 is 0 Å². The minimum atomic E-state index is -3.64. The van der Waals surface area contributed by atoms with E-state index in [-0.39, 0.29) is 10.9 Å². The van der Waals surface area contributed by atoms with Crippen molar-refractivity contribution in [1.29, 1.82) is 0 Å². The minimum Gasteiger partial charge on any atom is -0.360 e. The molecule has 0 amide bonds. The van der Waals surface area contributed by atoms with Crippen LogP contribution in [0.2, 0.25) is 0 Å². The molecular weight excluding hydrogens is 312 g/mol. The summed E-state index contributed by atoms with van der Waals surface area (Å²) >= 11 is 0. The van der Waals surface area contributed by atoms with Gasteiger partial charge in [0.2, 0.25) is 10.0 Å². The molecule has 0 aliphatic heterocycles. The van der Waals surface area contributed by atoms with Crippen molar-refractivity contribution >= 4 is 10.0 Å². The molecule has 124 valence electrons. The van der Waals surface area contributed by atoms with E-state index >= 15 is 0 Å². The summed E-state index contributed by atoms with van der Waals surface area (Å²) in [5.41, 5.74) is 1.40. The Morgan fingerprint density at radius 2 is 1.91 bits per heavy atom. The molecule has 3 rings (SSSR count). The number of aromatic nitrogens is 1. The van der Waals surface area contributed by atoms with E-state index in [1.165, 1.54) is 0 Å². The molecular formula is C17H22N2O3S. The maximum atomic E-state index is 13.2. The number of benzene rings is 1. The van der Waals surface area contributed by atoms with Gasteiger partial charge in [-0.3, -0.25) is 0 Å². The van der Waals surface area contributed by atoms with E-state index < -0.39 is 10.0 Å². The molecule has 1 aromatic heterocycles. The van der Waals surface area contributed by atoms with Crippen LogP contribution in [0.1, 0.15) is 36.8 Å². The van der Waals surface area contributed by atoms with Gasteiger partial charge in [0.15, 0.2) is 5.76 Å². The summed E-state index contributed by atoms with van der Waals surface area (Å²) in [4.78, 5) is 0.209. The molecule has 0 bridgehead atoms. The van der Waals surface area contributed by atoms with Gasteiger partial charge in [-0.1, -0.05) is 35.5 Å². The first-order valence-electron chi connectivity index (χ1n) is 7.90. The SMILES string of the molecule is Cc1noc(C)c1S(=O)(=O)N(Cc1ccccc1)[C@H](C)C1CC1. The molecule has 1 saturated carbocycles. The molecule has 5 nitrogen and oxygen atoms in total. The number of rotatable bonds is 6. The highest BCUT2D eigenvalue weighted by molar-refractivity contribution is 7.89. The van der Waals surface area contributed by atoms with Crippen LogP contribution in [0, 0.1) is 19.8 Å². The predicted molar refractivity (Wildman–Crippen MR) is 87.3 cm³/mol. The van der Waals surface area contributed by atoms with Crippen LogP contribution in [0.5, 0.6) is 0 Å². The Hall–Kier alpha value is -1.66. The molecule has 1 aromatic carbocycles. The monoisotopic (exact) mass is 334 g/mol. The fourth-order valence-electron chi connectivity index (χ4n) is 2.99. The molecule has 23 heavy (non-hydrogen) atoms. The summed E-state index contributed by atoms with van der Waals surface area (Å²) in [6.07, 6.45) is 2.17. The van der Waals surface area contributed by atoms with Gasteiger partial charge in [-0.05, 0) is 45.1 Å². The average molecular weight is 334 g/mol. The van der Waals surface area contributed by atoms with E-state index in [9.17, 15) is 8.42 Å². The third-order valence-corrected chi connectivity index (χ3v) is 6.65. The van der Waals surface area contributed by atoms with Gasteiger partial charge >= 0.3 is 0 Å². The number of sulfonamides is 1. The lowest BCUT2D eigenvalue weighted by molar-refractivity contribution is 0.302. The largest absolute Gasteiger partial charge is 0.360 e. The summed E-state index contributed by atoms with van der Waals surface area (Å²) in [6, 6.07) is 9.66. The standard InChI is InChI=1S/C17H22N2O3S/c1-12-17(14(3)22-18-12)23(20,21)19(13(2)16-9-10-16)11-15-7-5-4-6-8-15/h4-8,13,16H,9-11H2,1-3H3/t13-/m1/s1. The van der Waals surface area contributed by atoms with Crippen molar-refractivity contribution in [3.05, 3.63) is 47.3 Å². The third-order valence-electron chi connectivity index (χ3n) is 4.47. The first-order valence-corrected chi connectivity index (χ1v) is 9.34. The minimum absolute atomic E-state index is 0.0334. The van der Waals surface area contributed by atoms with Gasteiger partial charge in [-0.15, -0.1) is 0 Å². The summed E-state index contributed by atoms with van der Waals surface area (Å²) in [5, 5.41) is 3.81. The Labute approximate surface area is 137 Å². The van der Waals surface area contributed by atoms with Gasteiger partial charge < -0.3 is 4.52 Å². The van der Waals surface area contributed by atoms with E-state index in [1.807, 2.05) is 37.3 Å². The highest BCUT2D eigenvalue weighted by Crippen LogP contribution is 2.38. The van der Waals surface area contributed by atoms with Crippen molar-refractivity contribution in [2.45, 2.75) is 51.1 Å². The first-order chi connectivity index (χ1) is 10.9. The maximum Gasteiger partial charge on any atom is 0.249 e. The van der Waals surface area contributed by atoms with Gasteiger partial charge in [0.1, 0.15) is 10.6 Å². The zero-order valence-electron chi connectivity index (χ0n) is 13.7. The number of nitrogens with zero attached hydrogens (tertiary/aromatic N) is 2. The second kappa shape index (κ2) is 6.09. The molecule has 1 aliphatic rings. The van der Waals surface area contributed by atoms with Gasteiger partial charge in [0.25, 0.3) is 0 Å². The van der Waals surface area contributed by atoms with Crippen LogP contribution in [0.3, 0.4) is 0 Å². The van der Waals surface area contributed by atoms with Gasteiger partial charge in [-0.25, -0.2) is 8.42 Å². The van der Waals surface area contributed by atoms with E-state index in [1.54, 1.807) is 18.2 Å². The lowest BCUT2D eigenvalue weighted by Crippen LogP contribution is -2.39. The van der Waals surface area contributed by atoms with Crippen molar-refractivity contribution in [2.24, 2.45) is 5.92 Å². The normalized spacial score (nSPS) is 16.7. The van der Waals surface area contributed by atoms with E-state index in [4.69, 9.17) is 4.52 Å². The van der Waals surface area contributed by atoms with Crippen molar-refractivity contribution < 1.29 is 12.9 Å². The van der Waals surface area contributed by atoms with Crippen LogP contribution in [-0.4, -0.2) is 23.9 Å². The van der Waals surface area contributed by atoms with E-state index in [0.717, 1.165) is 18.4 Å². The molecule has 1 fully saturated rings. The lowest BCUT2D eigenvalue weighted by atomic mass is 10.2. The van der Waals surface area contributed by atoms with Crippen molar-refractivity contribution in [3.8, 4) is 0 Å². The molecule has 0 saturated heterocycles. The Bertz CT molecular complexity index is 760. The molecule has 0 N–H and O–H groups in total. The smallest absolute Gasteiger partial charge is 0.249 e. The predicted octanol–water partition coefficient (Wildman–Crippen LogP) is 3.28. The van der Waals surface area contributed by atoms with E-state index in [0.29, 0.717) is 23.9 Å². The second-order valence-electron chi connectivity index (χ2n) is 6.27. The summed E-state index contributed by atoms with van der Waals surface area (Å²) < 4.78 is 33.2. The lowest BCUT2D eigenvalue weighted by Gasteiger charge is -2.28. The summed E-state index contributed by atoms with van der Waals surface area (Å²) in [5.74, 6) is 0.789. The fourth-order valence-corrected chi connectivity index (χ4v) is 4.96. The van der Waals surface area contributed by atoms with Crippen molar-refractivity contribution in [3.63, 3.8) is 0 Å². The van der Waals surface area contributed by atoms with Crippen molar-refractivity contribution in [1.82, 2.24) is 9.46 Å². The molecule has 1 atom stereocenters. The molecule has 1 aliphatic carbocycles. The topological polar surface area (TPSA) is 63.4 Å². The van der Waals surface area contributed by atoms with Gasteiger partial charge in [0, 0.05) is 12.6 Å². The first kappa shape index (κ1) is 16.2. The zero-order chi connectivity index (χ0) is 16.6. The highest BCUT2D eigenvalue weighted by atomic mass is 32.2. The van der Waals surface area contributed by atoms with Crippen LogP contribution in [0.25, 0.3) is 0 Å². The summed E-state index contributed by atoms with van der Waals surface area (Å²) in [6.45, 7) is 5.68. The molecule has 6 heteroatoms. The second-order valence-corrected chi connectivity index (χ2v) is 8.09. The molecule has 0 radical (unpaired) electrons. The fraction of sp³-hybridized carbons (Fsp3) is 0.471. The Kier molecular flexibility index (Phi) is 4.29. The van der Waals surface area contributed by atoms with Crippen molar-refractivity contribution in [2.75, 3.05) is 0 Å². The number of aryl methyl sites for hydroxylation is 2. The van der Waals surface area contributed by atoms with Gasteiger partial charge in [-0.2, -0.15) is 4.31 Å². The van der Waals surface area contributed by atoms with Crippen LogP contribution in [0.15, 0.2) is 39.8 Å². The van der Waals surface area contributed by atoms with Crippen LogP contribution in [-0.2, 0) is 16.6 Å². The molecule has 1 heterocycles. The maximum absolute atomic E-state index is 13.2. The summed E-state index contributed by atoms with van der Waals surface area (Å²) in [7, 11) is -3.64. The number of hydrogen-bond acceptors (Lipinski definition) is 4. The van der Waals surface area contributed by atoms with E-state index in [2.05, 4.69) is 5.16 Å². The van der Waals surface area contributed by atoms with Gasteiger partial charge in [0.05, 0.1) is 0 Å².